The molecule has 0 aliphatic carbocycles. The lowest BCUT2D eigenvalue weighted by Gasteiger charge is -2.11. The van der Waals surface area contributed by atoms with Gasteiger partial charge in [0.25, 0.3) is 0 Å². The SMILES string of the molecule is O=C(CSc1ccc(OCc2ccccc2)cc1)Nc1cc(Cl)cc(Cl)c1C(=O)O. The van der Waals surface area contributed by atoms with Crippen LogP contribution in [0.5, 0.6) is 5.75 Å². The molecule has 0 fully saturated rings. The lowest BCUT2D eigenvalue weighted by molar-refractivity contribution is -0.113. The summed E-state index contributed by atoms with van der Waals surface area (Å²) in [6, 6.07) is 19.9. The summed E-state index contributed by atoms with van der Waals surface area (Å²) < 4.78 is 5.74. The first-order chi connectivity index (χ1) is 14.4. The lowest BCUT2D eigenvalue weighted by Crippen LogP contribution is -2.17. The minimum atomic E-state index is -1.24. The van der Waals surface area contributed by atoms with E-state index in [1.54, 1.807) is 0 Å². The minimum absolute atomic E-state index is 0.0379. The van der Waals surface area contributed by atoms with Crippen molar-refractivity contribution in [2.24, 2.45) is 0 Å². The molecule has 8 heteroatoms. The quantitative estimate of drug-likeness (QED) is 0.402. The van der Waals surface area contributed by atoms with Gasteiger partial charge in [0.15, 0.2) is 0 Å². The minimum Gasteiger partial charge on any atom is -0.489 e. The van der Waals surface area contributed by atoms with Gasteiger partial charge >= 0.3 is 5.97 Å². The topological polar surface area (TPSA) is 75.6 Å². The van der Waals surface area contributed by atoms with Gasteiger partial charge in [-0.25, -0.2) is 4.79 Å². The Hall–Kier alpha value is -2.67. The number of amides is 1. The van der Waals surface area contributed by atoms with E-state index in [4.69, 9.17) is 27.9 Å². The van der Waals surface area contributed by atoms with E-state index >= 15 is 0 Å². The molecule has 0 aliphatic rings. The van der Waals surface area contributed by atoms with Gasteiger partial charge in [-0.3, -0.25) is 4.79 Å². The van der Waals surface area contributed by atoms with Crippen molar-refractivity contribution < 1.29 is 19.4 Å². The van der Waals surface area contributed by atoms with Crippen molar-refractivity contribution in [3.05, 3.63) is 87.9 Å². The number of halogens is 2. The Morgan fingerprint density at radius 2 is 1.70 bits per heavy atom. The number of carboxylic acids is 1. The summed E-state index contributed by atoms with van der Waals surface area (Å²) in [6.45, 7) is 0.476. The zero-order valence-corrected chi connectivity index (χ0v) is 17.9. The van der Waals surface area contributed by atoms with Crippen molar-refractivity contribution in [2.75, 3.05) is 11.1 Å². The standard InChI is InChI=1S/C22H17Cl2NO4S/c23-15-10-18(24)21(22(27)28)19(11-15)25-20(26)13-30-17-8-6-16(7-9-17)29-12-14-4-2-1-3-5-14/h1-11H,12-13H2,(H,25,26)(H,27,28). The number of carbonyl (C=O) groups excluding carboxylic acids is 1. The van der Waals surface area contributed by atoms with Crippen LogP contribution in [0, 0.1) is 0 Å². The molecule has 0 saturated carbocycles. The Bertz CT molecular complexity index is 1040. The van der Waals surface area contributed by atoms with Crippen LogP contribution in [0.15, 0.2) is 71.6 Å². The molecule has 0 radical (unpaired) electrons. The van der Waals surface area contributed by atoms with E-state index in [9.17, 15) is 14.7 Å². The number of benzene rings is 3. The zero-order valence-electron chi connectivity index (χ0n) is 15.6. The van der Waals surface area contributed by atoms with Gasteiger partial charge in [-0.05, 0) is 42.0 Å². The summed E-state index contributed by atoms with van der Waals surface area (Å²) in [5.74, 6) is -0.795. The number of rotatable bonds is 8. The first-order valence-corrected chi connectivity index (χ1v) is 10.6. The maximum absolute atomic E-state index is 12.3. The highest BCUT2D eigenvalue weighted by Gasteiger charge is 2.18. The van der Waals surface area contributed by atoms with Gasteiger partial charge in [-0.15, -0.1) is 11.8 Å². The van der Waals surface area contributed by atoms with Gasteiger partial charge in [-0.2, -0.15) is 0 Å². The number of carboxylic acid groups (broad SMARTS) is 1. The average molecular weight is 462 g/mol. The molecule has 3 aromatic carbocycles. The van der Waals surface area contributed by atoms with Crippen LogP contribution in [0.2, 0.25) is 10.0 Å². The van der Waals surface area contributed by atoms with Crippen molar-refractivity contribution in [1.82, 2.24) is 0 Å². The van der Waals surface area contributed by atoms with Crippen LogP contribution in [-0.4, -0.2) is 22.7 Å². The maximum atomic E-state index is 12.3. The Balaban J connectivity index is 1.54. The third-order valence-corrected chi connectivity index (χ3v) is 5.51. The molecule has 0 saturated heterocycles. The van der Waals surface area contributed by atoms with Crippen LogP contribution in [0.1, 0.15) is 15.9 Å². The van der Waals surface area contributed by atoms with Crippen molar-refractivity contribution in [3.63, 3.8) is 0 Å². The summed E-state index contributed by atoms with van der Waals surface area (Å²) in [4.78, 5) is 24.5. The van der Waals surface area contributed by atoms with E-state index in [2.05, 4.69) is 5.32 Å². The first kappa shape index (κ1) is 22.0. The molecular formula is C22H17Cl2NO4S. The molecule has 0 heterocycles. The number of hydrogen-bond acceptors (Lipinski definition) is 4. The van der Waals surface area contributed by atoms with Crippen LogP contribution < -0.4 is 10.1 Å². The molecule has 0 aliphatic heterocycles. The van der Waals surface area contributed by atoms with Crippen molar-refractivity contribution in [2.45, 2.75) is 11.5 Å². The molecule has 0 spiro atoms. The first-order valence-electron chi connectivity index (χ1n) is 8.84. The van der Waals surface area contributed by atoms with Crippen LogP contribution in [0.4, 0.5) is 5.69 Å². The normalized spacial score (nSPS) is 10.5. The predicted molar refractivity (Wildman–Crippen MR) is 120 cm³/mol. The summed E-state index contributed by atoms with van der Waals surface area (Å²) in [7, 11) is 0. The second-order valence-corrected chi connectivity index (χ2v) is 8.09. The molecule has 0 aromatic heterocycles. The molecule has 2 N–H and O–H groups in total. The van der Waals surface area contributed by atoms with Gasteiger partial charge in [0, 0.05) is 9.92 Å². The Morgan fingerprint density at radius 3 is 2.37 bits per heavy atom. The average Bonchev–Trinajstić information content (AvgIpc) is 2.71. The fourth-order valence-corrected chi connectivity index (χ4v) is 3.87. The van der Waals surface area contributed by atoms with Crippen molar-refractivity contribution in [3.8, 4) is 5.75 Å². The number of hydrogen-bond donors (Lipinski definition) is 2. The highest BCUT2D eigenvalue weighted by molar-refractivity contribution is 8.00. The number of nitrogens with one attached hydrogen (secondary N) is 1. The Morgan fingerprint density at radius 1 is 1.00 bits per heavy atom. The van der Waals surface area contributed by atoms with E-state index in [1.165, 1.54) is 23.9 Å². The third-order valence-electron chi connectivity index (χ3n) is 3.98. The van der Waals surface area contributed by atoms with Gasteiger partial charge < -0.3 is 15.2 Å². The molecule has 0 bridgehead atoms. The van der Waals surface area contributed by atoms with Gasteiger partial charge in [0.1, 0.15) is 17.9 Å². The Kier molecular flexibility index (Phi) is 7.63. The highest BCUT2D eigenvalue weighted by atomic mass is 35.5. The predicted octanol–water partition coefficient (Wildman–Crippen LogP) is 6.00. The number of thioether (sulfide) groups is 1. The molecule has 30 heavy (non-hydrogen) atoms. The van der Waals surface area contributed by atoms with Crippen LogP contribution >= 0.6 is 35.0 Å². The molecule has 0 unspecified atom stereocenters. The second kappa shape index (κ2) is 10.4. The summed E-state index contributed by atoms with van der Waals surface area (Å²) in [5.41, 5.74) is 0.948. The lowest BCUT2D eigenvalue weighted by atomic mass is 10.1. The molecular weight excluding hydrogens is 445 g/mol. The molecule has 0 atom stereocenters. The van der Waals surface area contributed by atoms with E-state index in [-0.39, 0.29) is 33.0 Å². The maximum Gasteiger partial charge on any atom is 0.339 e. The van der Waals surface area contributed by atoms with E-state index in [0.717, 1.165) is 16.2 Å². The molecule has 154 valence electrons. The molecule has 3 aromatic rings. The summed E-state index contributed by atoms with van der Waals surface area (Å²) in [5, 5.41) is 12.1. The molecule has 3 rings (SSSR count). The number of ether oxygens (including phenoxy) is 1. The monoisotopic (exact) mass is 461 g/mol. The van der Waals surface area contributed by atoms with E-state index < -0.39 is 5.97 Å². The third kappa shape index (κ3) is 6.16. The number of carbonyl (C=O) groups is 2. The van der Waals surface area contributed by atoms with Crippen LogP contribution in [0.3, 0.4) is 0 Å². The molecule has 1 amide bonds. The largest absolute Gasteiger partial charge is 0.489 e. The van der Waals surface area contributed by atoms with Crippen LogP contribution in [0.25, 0.3) is 0 Å². The van der Waals surface area contributed by atoms with Crippen LogP contribution in [-0.2, 0) is 11.4 Å². The Labute approximate surface area is 188 Å². The van der Waals surface area contributed by atoms with E-state index in [1.807, 2.05) is 54.6 Å². The summed E-state index contributed by atoms with van der Waals surface area (Å²) >= 11 is 13.2. The van der Waals surface area contributed by atoms with Gasteiger partial charge in [0.2, 0.25) is 5.91 Å². The number of anilines is 1. The van der Waals surface area contributed by atoms with Gasteiger partial charge in [-0.1, -0.05) is 53.5 Å². The summed E-state index contributed by atoms with van der Waals surface area (Å²) in [6.07, 6.45) is 0. The van der Waals surface area contributed by atoms with Crippen molar-refractivity contribution >= 4 is 52.5 Å². The zero-order chi connectivity index (χ0) is 21.5. The second-order valence-electron chi connectivity index (χ2n) is 6.20. The van der Waals surface area contributed by atoms with Gasteiger partial charge in [0.05, 0.1) is 16.5 Å². The smallest absolute Gasteiger partial charge is 0.339 e. The molecule has 5 nitrogen and oxygen atoms in total. The fourth-order valence-electron chi connectivity index (χ4n) is 2.60. The van der Waals surface area contributed by atoms with E-state index in [0.29, 0.717) is 6.61 Å². The number of aromatic carboxylic acids is 1. The highest BCUT2D eigenvalue weighted by Crippen LogP contribution is 2.30. The fraction of sp³-hybridized carbons (Fsp3) is 0.0909. The van der Waals surface area contributed by atoms with Crippen molar-refractivity contribution in [1.29, 1.82) is 0 Å².